The first-order valence-electron chi connectivity index (χ1n) is 6.65. The molecule has 100 valence electrons. The Balaban J connectivity index is 1.57. The van der Waals surface area contributed by atoms with E-state index in [0.29, 0.717) is 6.42 Å². The predicted octanol–water partition coefficient (Wildman–Crippen LogP) is 3.08. The van der Waals surface area contributed by atoms with Gasteiger partial charge in [-0.2, -0.15) is 0 Å². The second-order valence-corrected chi connectivity index (χ2v) is 4.53. The Hall–Kier alpha value is -2.10. The summed E-state index contributed by atoms with van der Waals surface area (Å²) in [6.07, 6.45) is 9.21. The number of amides is 1. The molecule has 4 nitrogen and oxygen atoms in total. The SMILES string of the molecule is O=C(CCCCCn1ccnc1)Nc1ccccc1. The van der Waals surface area contributed by atoms with Crippen molar-refractivity contribution < 1.29 is 4.79 Å². The molecule has 0 spiro atoms. The Morgan fingerprint density at radius 1 is 1.16 bits per heavy atom. The summed E-state index contributed by atoms with van der Waals surface area (Å²) in [7, 11) is 0. The fourth-order valence-corrected chi connectivity index (χ4v) is 1.92. The zero-order valence-corrected chi connectivity index (χ0v) is 11.0. The summed E-state index contributed by atoms with van der Waals surface area (Å²) in [5.74, 6) is 0.0915. The van der Waals surface area contributed by atoms with Gasteiger partial charge in [0.2, 0.25) is 5.91 Å². The third-order valence-corrected chi connectivity index (χ3v) is 2.94. The minimum Gasteiger partial charge on any atom is -0.337 e. The second-order valence-electron chi connectivity index (χ2n) is 4.53. The molecule has 19 heavy (non-hydrogen) atoms. The van der Waals surface area contributed by atoms with E-state index in [9.17, 15) is 4.79 Å². The highest BCUT2D eigenvalue weighted by atomic mass is 16.1. The van der Waals surface area contributed by atoms with E-state index in [1.807, 2.05) is 42.9 Å². The molecular weight excluding hydrogens is 238 g/mol. The number of carbonyl (C=O) groups is 1. The summed E-state index contributed by atoms with van der Waals surface area (Å²) >= 11 is 0. The first-order chi connectivity index (χ1) is 9.34. The highest BCUT2D eigenvalue weighted by Crippen LogP contribution is 2.08. The number of aromatic nitrogens is 2. The number of nitrogens with zero attached hydrogens (tertiary/aromatic N) is 2. The number of unbranched alkanes of at least 4 members (excludes halogenated alkanes) is 2. The van der Waals surface area contributed by atoms with Crippen LogP contribution in [-0.2, 0) is 11.3 Å². The number of anilines is 1. The topological polar surface area (TPSA) is 46.9 Å². The number of rotatable bonds is 7. The number of para-hydroxylation sites is 1. The van der Waals surface area contributed by atoms with Gasteiger partial charge in [0.25, 0.3) is 0 Å². The molecule has 0 aliphatic heterocycles. The summed E-state index contributed by atoms with van der Waals surface area (Å²) in [6, 6.07) is 9.57. The van der Waals surface area contributed by atoms with E-state index >= 15 is 0 Å². The van der Waals surface area contributed by atoms with Crippen molar-refractivity contribution >= 4 is 11.6 Å². The number of nitrogens with one attached hydrogen (secondary N) is 1. The van der Waals surface area contributed by atoms with Gasteiger partial charge in [0.15, 0.2) is 0 Å². The van der Waals surface area contributed by atoms with Crippen LogP contribution in [0.2, 0.25) is 0 Å². The van der Waals surface area contributed by atoms with Crippen LogP contribution in [0.4, 0.5) is 5.69 Å². The Bertz CT molecular complexity index is 479. The van der Waals surface area contributed by atoms with E-state index in [1.54, 1.807) is 6.20 Å². The van der Waals surface area contributed by atoms with Crippen molar-refractivity contribution in [2.75, 3.05) is 5.32 Å². The molecular formula is C15H19N3O. The molecule has 0 atom stereocenters. The van der Waals surface area contributed by atoms with Crippen LogP contribution in [0.3, 0.4) is 0 Å². The van der Waals surface area contributed by atoms with Gasteiger partial charge in [0.05, 0.1) is 6.33 Å². The number of imidazole rings is 1. The Kier molecular flexibility index (Phi) is 5.17. The highest BCUT2D eigenvalue weighted by molar-refractivity contribution is 5.90. The first-order valence-corrected chi connectivity index (χ1v) is 6.65. The van der Waals surface area contributed by atoms with Crippen LogP contribution in [0.15, 0.2) is 49.1 Å². The van der Waals surface area contributed by atoms with E-state index in [4.69, 9.17) is 0 Å². The van der Waals surface area contributed by atoms with Crippen LogP contribution in [-0.4, -0.2) is 15.5 Å². The minimum atomic E-state index is 0.0915. The maximum Gasteiger partial charge on any atom is 0.224 e. The molecule has 2 aromatic rings. The van der Waals surface area contributed by atoms with Crippen molar-refractivity contribution in [1.82, 2.24) is 9.55 Å². The summed E-state index contributed by atoms with van der Waals surface area (Å²) in [5.41, 5.74) is 0.867. The van der Waals surface area contributed by atoms with Crippen molar-refractivity contribution in [2.45, 2.75) is 32.2 Å². The van der Waals surface area contributed by atoms with Crippen LogP contribution in [0.1, 0.15) is 25.7 Å². The van der Waals surface area contributed by atoms with Gasteiger partial charge in [0.1, 0.15) is 0 Å². The number of benzene rings is 1. The average Bonchev–Trinajstić information content (AvgIpc) is 2.92. The van der Waals surface area contributed by atoms with Gasteiger partial charge in [-0.05, 0) is 25.0 Å². The zero-order valence-electron chi connectivity index (χ0n) is 11.0. The third kappa shape index (κ3) is 4.95. The largest absolute Gasteiger partial charge is 0.337 e. The maximum atomic E-state index is 11.7. The van der Waals surface area contributed by atoms with Crippen molar-refractivity contribution in [1.29, 1.82) is 0 Å². The zero-order chi connectivity index (χ0) is 13.3. The molecule has 1 aromatic carbocycles. The Morgan fingerprint density at radius 2 is 2.00 bits per heavy atom. The van der Waals surface area contributed by atoms with Gasteiger partial charge < -0.3 is 9.88 Å². The molecule has 1 amide bonds. The predicted molar refractivity (Wildman–Crippen MR) is 75.8 cm³/mol. The van der Waals surface area contributed by atoms with Crippen LogP contribution in [0.5, 0.6) is 0 Å². The molecule has 0 fully saturated rings. The normalized spacial score (nSPS) is 10.3. The van der Waals surface area contributed by atoms with E-state index in [2.05, 4.69) is 14.9 Å². The molecule has 1 heterocycles. The van der Waals surface area contributed by atoms with Gasteiger partial charge in [-0.1, -0.05) is 24.6 Å². The van der Waals surface area contributed by atoms with Crippen molar-refractivity contribution in [2.24, 2.45) is 0 Å². The van der Waals surface area contributed by atoms with Gasteiger partial charge in [-0.3, -0.25) is 4.79 Å². The molecule has 0 saturated carbocycles. The van der Waals surface area contributed by atoms with E-state index in [1.165, 1.54) is 0 Å². The molecule has 0 saturated heterocycles. The number of aryl methyl sites for hydroxylation is 1. The lowest BCUT2D eigenvalue weighted by Crippen LogP contribution is -2.10. The second kappa shape index (κ2) is 7.36. The number of hydrogen-bond donors (Lipinski definition) is 1. The molecule has 0 aliphatic carbocycles. The van der Waals surface area contributed by atoms with Crippen LogP contribution in [0.25, 0.3) is 0 Å². The quantitative estimate of drug-likeness (QED) is 0.775. The maximum absolute atomic E-state index is 11.7. The third-order valence-electron chi connectivity index (χ3n) is 2.94. The average molecular weight is 257 g/mol. The van der Waals surface area contributed by atoms with Crippen LogP contribution in [0, 0.1) is 0 Å². The monoisotopic (exact) mass is 257 g/mol. The smallest absolute Gasteiger partial charge is 0.224 e. The summed E-state index contributed by atoms with van der Waals surface area (Å²) in [5, 5.41) is 2.89. The minimum absolute atomic E-state index is 0.0915. The van der Waals surface area contributed by atoms with Gasteiger partial charge in [-0.25, -0.2) is 4.98 Å². The van der Waals surface area contributed by atoms with Crippen molar-refractivity contribution in [3.63, 3.8) is 0 Å². The molecule has 0 bridgehead atoms. The Labute approximate surface area is 113 Å². The number of carbonyl (C=O) groups excluding carboxylic acids is 1. The molecule has 0 radical (unpaired) electrons. The van der Waals surface area contributed by atoms with Crippen LogP contribution < -0.4 is 5.32 Å². The number of hydrogen-bond acceptors (Lipinski definition) is 2. The first kappa shape index (κ1) is 13.3. The molecule has 4 heteroatoms. The van der Waals surface area contributed by atoms with E-state index in [0.717, 1.165) is 31.5 Å². The molecule has 1 aromatic heterocycles. The van der Waals surface area contributed by atoms with Gasteiger partial charge in [0, 0.05) is 31.0 Å². The standard InChI is InChI=1S/C15H19N3O/c19-15(17-14-7-3-1-4-8-14)9-5-2-6-11-18-12-10-16-13-18/h1,3-4,7-8,10,12-13H,2,5-6,9,11H2,(H,17,19). The van der Waals surface area contributed by atoms with Crippen molar-refractivity contribution in [3.05, 3.63) is 49.1 Å². The lowest BCUT2D eigenvalue weighted by Gasteiger charge is -2.05. The molecule has 0 aliphatic rings. The Morgan fingerprint density at radius 3 is 2.74 bits per heavy atom. The van der Waals surface area contributed by atoms with Crippen molar-refractivity contribution in [3.8, 4) is 0 Å². The summed E-state index contributed by atoms with van der Waals surface area (Å²) < 4.78 is 2.06. The molecule has 2 rings (SSSR count). The summed E-state index contributed by atoms with van der Waals surface area (Å²) in [6.45, 7) is 0.973. The fourth-order valence-electron chi connectivity index (χ4n) is 1.92. The lowest BCUT2D eigenvalue weighted by molar-refractivity contribution is -0.116. The van der Waals surface area contributed by atoms with E-state index < -0.39 is 0 Å². The van der Waals surface area contributed by atoms with E-state index in [-0.39, 0.29) is 5.91 Å². The van der Waals surface area contributed by atoms with Gasteiger partial charge >= 0.3 is 0 Å². The van der Waals surface area contributed by atoms with Gasteiger partial charge in [-0.15, -0.1) is 0 Å². The molecule has 0 unspecified atom stereocenters. The highest BCUT2D eigenvalue weighted by Gasteiger charge is 2.01. The summed E-state index contributed by atoms with van der Waals surface area (Å²) in [4.78, 5) is 15.7. The lowest BCUT2D eigenvalue weighted by atomic mass is 10.2. The fraction of sp³-hybridized carbons (Fsp3) is 0.333. The molecule has 1 N–H and O–H groups in total. The van der Waals surface area contributed by atoms with Crippen LogP contribution >= 0.6 is 0 Å².